The molecule has 0 radical (unpaired) electrons. The van der Waals surface area contributed by atoms with Crippen LogP contribution in [0.1, 0.15) is 12.8 Å². The van der Waals surface area contributed by atoms with E-state index in [1.165, 1.54) is 10.8 Å². The van der Waals surface area contributed by atoms with Gasteiger partial charge in [-0.15, -0.1) is 0 Å². The molecule has 8 N–H and O–H groups in total. The fourth-order valence-electron chi connectivity index (χ4n) is 2.70. The number of hydrogen-bond acceptors (Lipinski definition) is 4. The number of nitrogen functional groups attached to an aromatic ring is 1. The molecule has 0 heterocycles. The van der Waals surface area contributed by atoms with Crippen LogP contribution in [0.25, 0.3) is 10.8 Å². The molecule has 0 fully saturated rings. The Kier molecular flexibility index (Phi) is 8.31. The van der Waals surface area contributed by atoms with Gasteiger partial charge in [-0.25, -0.2) is 4.79 Å². The first-order valence-electron chi connectivity index (χ1n) is 9.30. The third kappa shape index (κ3) is 7.80. The Balaban J connectivity index is 0.000000230. The summed E-state index contributed by atoms with van der Waals surface area (Å²) in [6.45, 7) is 0.433. The van der Waals surface area contributed by atoms with Crippen LogP contribution in [0, 0.1) is 0 Å². The summed E-state index contributed by atoms with van der Waals surface area (Å²) in [4.78, 5) is 14.9. The molecule has 3 aromatic carbocycles. The number of benzene rings is 3. The van der Waals surface area contributed by atoms with Gasteiger partial charge < -0.3 is 27.6 Å². The molecular formula is C22H27N5O2. The number of guanidine groups is 1. The molecular weight excluding hydrogens is 366 g/mol. The Bertz CT molecular complexity index is 940. The van der Waals surface area contributed by atoms with Gasteiger partial charge in [-0.05, 0) is 47.9 Å². The van der Waals surface area contributed by atoms with Crippen molar-refractivity contribution in [2.75, 3.05) is 17.6 Å². The predicted molar refractivity (Wildman–Crippen MR) is 120 cm³/mol. The van der Waals surface area contributed by atoms with Gasteiger partial charge in [-0.2, -0.15) is 0 Å². The summed E-state index contributed by atoms with van der Waals surface area (Å²) >= 11 is 0. The van der Waals surface area contributed by atoms with Gasteiger partial charge >= 0.3 is 5.97 Å². The molecule has 0 amide bonds. The van der Waals surface area contributed by atoms with Crippen LogP contribution in [0.3, 0.4) is 0 Å². The van der Waals surface area contributed by atoms with Gasteiger partial charge in [-0.3, -0.25) is 4.99 Å². The average Bonchev–Trinajstić information content (AvgIpc) is 2.71. The molecule has 0 aliphatic carbocycles. The molecule has 3 aromatic rings. The van der Waals surface area contributed by atoms with Crippen LogP contribution in [0.4, 0.5) is 11.4 Å². The second-order valence-corrected chi connectivity index (χ2v) is 6.46. The summed E-state index contributed by atoms with van der Waals surface area (Å²) in [6, 6.07) is 22.7. The molecule has 7 heteroatoms. The molecule has 0 aliphatic rings. The number of carboxylic acid groups (broad SMARTS) is 1. The van der Waals surface area contributed by atoms with Crippen molar-refractivity contribution in [2.24, 2.45) is 16.5 Å². The lowest BCUT2D eigenvalue weighted by Gasteiger charge is -2.15. The highest BCUT2D eigenvalue weighted by atomic mass is 16.4. The second-order valence-electron chi connectivity index (χ2n) is 6.46. The van der Waals surface area contributed by atoms with E-state index < -0.39 is 12.0 Å². The van der Waals surface area contributed by atoms with E-state index in [1.54, 1.807) is 0 Å². The number of nitrogens with zero attached hydrogens (tertiary/aromatic N) is 1. The Morgan fingerprint density at radius 1 is 0.966 bits per heavy atom. The fourth-order valence-corrected chi connectivity index (χ4v) is 2.70. The molecule has 0 aliphatic heterocycles. The van der Waals surface area contributed by atoms with Crippen molar-refractivity contribution in [1.82, 2.24) is 0 Å². The monoisotopic (exact) mass is 393 g/mol. The van der Waals surface area contributed by atoms with E-state index in [2.05, 4.69) is 22.4 Å². The van der Waals surface area contributed by atoms with Gasteiger partial charge in [0.1, 0.15) is 6.04 Å². The standard InChI is InChI=1S/C12H18N4O2.C10H9N/c13-12(14)15-8-4-7-10(11(17)18)16-9-5-2-1-3-6-9;11-10-6-5-8-3-1-2-4-9(8)7-10/h1-3,5-6,10,16H,4,7-8H2,(H,17,18)(H4,13,14,15);1-7H,11H2/t10-;/m0./s1. The number of fused-ring (bicyclic) bond motifs is 1. The van der Waals surface area contributed by atoms with Crippen molar-refractivity contribution in [1.29, 1.82) is 0 Å². The highest BCUT2D eigenvalue weighted by molar-refractivity contribution is 5.85. The lowest BCUT2D eigenvalue weighted by molar-refractivity contribution is -0.138. The number of anilines is 2. The van der Waals surface area contributed by atoms with Crippen LogP contribution in [0.5, 0.6) is 0 Å². The van der Waals surface area contributed by atoms with Crippen molar-refractivity contribution in [3.05, 3.63) is 72.8 Å². The van der Waals surface area contributed by atoms with Gasteiger partial charge in [0.2, 0.25) is 0 Å². The largest absolute Gasteiger partial charge is 0.480 e. The van der Waals surface area contributed by atoms with Crippen LogP contribution in [0.2, 0.25) is 0 Å². The third-order valence-electron chi connectivity index (χ3n) is 4.13. The smallest absolute Gasteiger partial charge is 0.326 e. The SMILES string of the molecule is NC(N)=NCCC[C@H](Nc1ccccc1)C(=O)O.Nc1ccc2ccccc2c1. The number of hydrogen-bond donors (Lipinski definition) is 5. The number of carbonyl (C=O) groups is 1. The molecule has 0 bridgehead atoms. The van der Waals surface area contributed by atoms with Gasteiger partial charge in [0.05, 0.1) is 0 Å². The maximum atomic E-state index is 11.1. The van der Waals surface area contributed by atoms with Crippen molar-refractivity contribution in [2.45, 2.75) is 18.9 Å². The van der Waals surface area contributed by atoms with Gasteiger partial charge in [0.15, 0.2) is 5.96 Å². The van der Waals surface area contributed by atoms with Crippen molar-refractivity contribution in [3.63, 3.8) is 0 Å². The van der Waals surface area contributed by atoms with Gasteiger partial charge in [0.25, 0.3) is 0 Å². The normalized spacial score (nSPS) is 11.0. The molecule has 0 unspecified atom stereocenters. The maximum absolute atomic E-state index is 11.1. The highest BCUT2D eigenvalue weighted by Crippen LogP contribution is 2.16. The average molecular weight is 393 g/mol. The number of carboxylic acids is 1. The van der Waals surface area contributed by atoms with Crippen LogP contribution >= 0.6 is 0 Å². The lowest BCUT2D eigenvalue weighted by atomic mass is 10.1. The number of nitrogens with one attached hydrogen (secondary N) is 1. The molecule has 152 valence electrons. The first-order valence-corrected chi connectivity index (χ1v) is 9.30. The predicted octanol–water partition coefficient (Wildman–Crippen LogP) is 3.03. The molecule has 7 nitrogen and oxygen atoms in total. The summed E-state index contributed by atoms with van der Waals surface area (Å²) in [5.41, 5.74) is 17.6. The number of rotatable bonds is 7. The number of aliphatic imine (C=N–C) groups is 1. The van der Waals surface area contributed by atoms with E-state index in [0.717, 1.165) is 11.4 Å². The molecule has 29 heavy (non-hydrogen) atoms. The van der Waals surface area contributed by atoms with Crippen molar-refractivity contribution in [3.8, 4) is 0 Å². The molecule has 0 aromatic heterocycles. The van der Waals surface area contributed by atoms with E-state index in [9.17, 15) is 4.79 Å². The highest BCUT2D eigenvalue weighted by Gasteiger charge is 2.16. The molecule has 0 saturated heterocycles. The molecule has 3 rings (SSSR count). The zero-order valence-electron chi connectivity index (χ0n) is 16.2. The van der Waals surface area contributed by atoms with Crippen LogP contribution in [0.15, 0.2) is 77.8 Å². The number of nitrogens with two attached hydrogens (primary N) is 3. The summed E-state index contributed by atoms with van der Waals surface area (Å²) in [6.07, 6.45) is 1.07. The Hall–Kier alpha value is -3.74. The summed E-state index contributed by atoms with van der Waals surface area (Å²) in [5, 5.41) is 14.5. The van der Waals surface area contributed by atoms with Crippen LogP contribution in [-0.4, -0.2) is 29.6 Å². The Labute approximate surface area is 170 Å². The Morgan fingerprint density at radius 3 is 2.28 bits per heavy atom. The minimum Gasteiger partial charge on any atom is -0.480 e. The first-order chi connectivity index (χ1) is 14.0. The number of para-hydroxylation sites is 1. The molecule has 0 saturated carbocycles. The van der Waals surface area contributed by atoms with Gasteiger partial charge in [-0.1, -0.05) is 48.5 Å². The summed E-state index contributed by atoms with van der Waals surface area (Å²) in [7, 11) is 0. The summed E-state index contributed by atoms with van der Waals surface area (Å²) < 4.78 is 0. The van der Waals surface area contributed by atoms with Gasteiger partial charge in [0, 0.05) is 17.9 Å². The number of aliphatic carboxylic acids is 1. The van der Waals surface area contributed by atoms with E-state index in [-0.39, 0.29) is 5.96 Å². The van der Waals surface area contributed by atoms with E-state index in [0.29, 0.717) is 19.4 Å². The van der Waals surface area contributed by atoms with Crippen molar-refractivity contribution < 1.29 is 9.90 Å². The van der Waals surface area contributed by atoms with E-state index >= 15 is 0 Å². The maximum Gasteiger partial charge on any atom is 0.326 e. The van der Waals surface area contributed by atoms with E-state index in [1.807, 2.05) is 60.7 Å². The summed E-state index contributed by atoms with van der Waals surface area (Å²) in [5.74, 6) is -0.860. The topological polar surface area (TPSA) is 140 Å². The molecule has 0 spiro atoms. The third-order valence-corrected chi connectivity index (χ3v) is 4.13. The quantitative estimate of drug-likeness (QED) is 0.181. The van der Waals surface area contributed by atoms with Crippen LogP contribution < -0.4 is 22.5 Å². The minimum atomic E-state index is -0.886. The lowest BCUT2D eigenvalue weighted by Crippen LogP contribution is -2.29. The Morgan fingerprint density at radius 2 is 1.62 bits per heavy atom. The zero-order chi connectivity index (χ0) is 21.1. The minimum absolute atomic E-state index is 0.0258. The fraction of sp³-hybridized carbons (Fsp3) is 0.182. The first kappa shape index (κ1) is 21.6. The second kappa shape index (κ2) is 11.2. The zero-order valence-corrected chi connectivity index (χ0v) is 16.2. The van der Waals surface area contributed by atoms with E-state index in [4.69, 9.17) is 22.3 Å². The van der Waals surface area contributed by atoms with Crippen molar-refractivity contribution >= 4 is 34.1 Å². The van der Waals surface area contributed by atoms with Crippen LogP contribution in [-0.2, 0) is 4.79 Å². The molecule has 1 atom stereocenters.